The van der Waals surface area contributed by atoms with Crippen LogP contribution < -0.4 is 15.6 Å². The van der Waals surface area contributed by atoms with Crippen LogP contribution in [0.5, 0.6) is 5.75 Å². The van der Waals surface area contributed by atoms with E-state index in [9.17, 15) is 9.90 Å². The molecule has 3 atom stereocenters. The number of hydrazine groups is 1. The van der Waals surface area contributed by atoms with Crippen molar-refractivity contribution in [2.45, 2.75) is 25.4 Å². The third-order valence-corrected chi connectivity index (χ3v) is 4.39. The summed E-state index contributed by atoms with van der Waals surface area (Å²) in [6.07, 6.45) is 0.856. The van der Waals surface area contributed by atoms with Crippen molar-refractivity contribution in [1.82, 2.24) is 10.9 Å². The zero-order chi connectivity index (χ0) is 16.9. The molecule has 5 heteroatoms. The van der Waals surface area contributed by atoms with Crippen molar-refractivity contribution >= 4 is 5.97 Å². The summed E-state index contributed by atoms with van der Waals surface area (Å²) in [6, 6.07) is 17.5. The number of benzene rings is 2. The molecule has 3 rings (SSSR count). The zero-order valence-electron chi connectivity index (χ0n) is 13.6. The van der Waals surface area contributed by atoms with Gasteiger partial charge in [0.15, 0.2) is 0 Å². The van der Waals surface area contributed by atoms with E-state index < -0.39 is 11.9 Å². The van der Waals surface area contributed by atoms with Crippen LogP contribution in [0.3, 0.4) is 0 Å². The van der Waals surface area contributed by atoms with Crippen LogP contribution in [0.15, 0.2) is 54.6 Å². The summed E-state index contributed by atoms with van der Waals surface area (Å²) in [5.74, 6) is -0.497. The Hall–Kier alpha value is -2.37. The van der Waals surface area contributed by atoms with Crippen LogP contribution in [-0.2, 0) is 11.2 Å². The molecule has 0 bridgehead atoms. The smallest absolute Gasteiger partial charge is 0.310 e. The fourth-order valence-electron chi connectivity index (χ4n) is 3.04. The van der Waals surface area contributed by atoms with Crippen LogP contribution in [0, 0.1) is 5.92 Å². The van der Waals surface area contributed by atoms with Crippen LogP contribution in [0.25, 0.3) is 0 Å². The Morgan fingerprint density at radius 2 is 1.79 bits per heavy atom. The first-order chi connectivity index (χ1) is 11.6. The van der Waals surface area contributed by atoms with Gasteiger partial charge in [-0.15, -0.1) is 0 Å². The van der Waals surface area contributed by atoms with Crippen molar-refractivity contribution in [3.05, 3.63) is 65.7 Å². The minimum absolute atomic E-state index is 0.116. The molecule has 3 N–H and O–H groups in total. The first kappa shape index (κ1) is 16.5. The largest absolute Gasteiger partial charge is 0.493 e. The number of carboxylic acid groups (broad SMARTS) is 1. The molecular formula is C19H22N2O3. The van der Waals surface area contributed by atoms with Crippen LogP contribution in [0.4, 0.5) is 0 Å². The Bertz CT molecular complexity index is 673. The van der Waals surface area contributed by atoms with Gasteiger partial charge in [-0.3, -0.25) is 10.2 Å². The van der Waals surface area contributed by atoms with E-state index in [1.54, 1.807) is 0 Å². The zero-order valence-corrected chi connectivity index (χ0v) is 13.6. The number of ether oxygens (including phenoxy) is 1. The van der Waals surface area contributed by atoms with Gasteiger partial charge in [-0.25, -0.2) is 5.43 Å². The van der Waals surface area contributed by atoms with Gasteiger partial charge in [0, 0.05) is 12.5 Å². The molecule has 0 radical (unpaired) electrons. The van der Waals surface area contributed by atoms with Crippen LogP contribution in [0.2, 0.25) is 0 Å². The van der Waals surface area contributed by atoms with E-state index in [1.807, 2.05) is 49.4 Å². The van der Waals surface area contributed by atoms with Gasteiger partial charge in [-0.1, -0.05) is 42.5 Å². The highest BCUT2D eigenvalue weighted by molar-refractivity contribution is 5.72. The summed E-state index contributed by atoms with van der Waals surface area (Å²) < 4.78 is 5.77. The second kappa shape index (κ2) is 7.47. The van der Waals surface area contributed by atoms with E-state index in [2.05, 4.69) is 23.0 Å². The molecule has 1 aliphatic rings. The molecule has 0 saturated carbocycles. The minimum Gasteiger partial charge on any atom is -0.493 e. The van der Waals surface area contributed by atoms with Crippen molar-refractivity contribution in [3.63, 3.8) is 0 Å². The molecule has 24 heavy (non-hydrogen) atoms. The number of rotatable bonds is 6. The Balaban J connectivity index is 1.58. The van der Waals surface area contributed by atoms with Gasteiger partial charge in [0.2, 0.25) is 0 Å². The second-order valence-corrected chi connectivity index (χ2v) is 6.07. The molecule has 0 amide bonds. The lowest BCUT2D eigenvalue weighted by Gasteiger charge is -2.17. The average Bonchev–Trinajstić information content (AvgIpc) is 2.98. The second-order valence-electron chi connectivity index (χ2n) is 6.07. The van der Waals surface area contributed by atoms with E-state index in [4.69, 9.17) is 4.74 Å². The maximum atomic E-state index is 11.4. The lowest BCUT2D eigenvalue weighted by atomic mass is 9.90. The summed E-state index contributed by atoms with van der Waals surface area (Å²) in [5.41, 5.74) is 8.25. The van der Waals surface area contributed by atoms with Gasteiger partial charge in [0.1, 0.15) is 5.75 Å². The molecule has 1 heterocycles. The summed E-state index contributed by atoms with van der Waals surface area (Å²) in [6.45, 7) is 2.48. The van der Waals surface area contributed by atoms with Gasteiger partial charge >= 0.3 is 5.97 Å². The van der Waals surface area contributed by atoms with Gasteiger partial charge in [0.25, 0.3) is 0 Å². The molecule has 0 aliphatic carbocycles. The quantitative estimate of drug-likeness (QED) is 0.761. The molecule has 2 aromatic carbocycles. The Morgan fingerprint density at radius 1 is 1.08 bits per heavy atom. The fourth-order valence-corrected chi connectivity index (χ4v) is 3.04. The number of nitrogens with one attached hydrogen (secondary N) is 2. The number of carbonyl (C=O) groups is 1. The molecule has 2 aromatic rings. The summed E-state index contributed by atoms with van der Waals surface area (Å²) in [7, 11) is 0. The topological polar surface area (TPSA) is 70.6 Å². The number of aliphatic carboxylic acids is 1. The van der Waals surface area contributed by atoms with E-state index in [-0.39, 0.29) is 12.1 Å². The van der Waals surface area contributed by atoms with Crippen molar-refractivity contribution in [1.29, 1.82) is 0 Å². The molecule has 1 aliphatic heterocycles. The van der Waals surface area contributed by atoms with E-state index in [0.29, 0.717) is 6.61 Å². The van der Waals surface area contributed by atoms with Crippen molar-refractivity contribution in [3.8, 4) is 5.75 Å². The molecule has 1 saturated heterocycles. The van der Waals surface area contributed by atoms with E-state index in [1.165, 1.54) is 5.56 Å². The predicted octanol–water partition coefficient (Wildman–Crippen LogP) is 2.55. The maximum Gasteiger partial charge on any atom is 0.310 e. The lowest BCUT2D eigenvalue weighted by Crippen LogP contribution is -2.30. The molecule has 0 aromatic heterocycles. The van der Waals surface area contributed by atoms with Gasteiger partial charge in [0.05, 0.1) is 18.6 Å². The van der Waals surface area contributed by atoms with Crippen molar-refractivity contribution in [2.24, 2.45) is 5.92 Å². The highest BCUT2D eigenvalue weighted by atomic mass is 16.5. The van der Waals surface area contributed by atoms with Crippen LogP contribution >= 0.6 is 0 Å². The van der Waals surface area contributed by atoms with Crippen molar-refractivity contribution in [2.75, 3.05) is 6.61 Å². The molecule has 5 nitrogen and oxygen atoms in total. The fraction of sp³-hybridized carbons (Fsp3) is 0.316. The molecule has 0 spiro atoms. The van der Waals surface area contributed by atoms with Crippen LogP contribution in [0.1, 0.15) is 24.1 Å². The summed E-state index contributed by atoms with van der Waals surface area (Å²) >= 11 is 0. The third kappa shape index (κ3) is 3.75. The molecule has 126 valence electrons. The maximum absolute atomic E-state index is 11.4. The average molecular weight is 326 g/mol. The van der Waals surface area contributed by atoms with Gasteiger partial charge in [-0.05, 0) is 30.2 Å². The summed E-state index contributed by atoms with van der Waals surface area (Å²) in [4.78, 5) is 11.4. The Labute approximate surface area is 141 Å². The summed E-state index contributed by atoms with van der Waals surface area (Å²) in [5, 5.41) is 9.39. The molecular weight excluding hydrogens is 304 g/mol. The normalized spacial score (nSPS) is 23.1. The predicted molar refractivity (Wildman–Crippen MR) is 91.7 cm³/mol. The third-order valence-electron chi connectivity index (χ3n) is 4.39. The Kier molecular flexibility index (Phi) is 5.13. The van der Waals surface area contributed by atoms with Gasteiger partial charge in [-0.2, -0.15) is 0 Å². The standard InChI is InChI=1S/C19H22N2O3/c1-13-17(19(22)23)18(21-20-13)15-7-9-16(10-8-15)24-12-11-14-5-3-2-4-6-14/h2-10,13,17-18,20-21H,11-12H2,1H3,(H,22,23). The first-order valence-electron chi connectivity index (χ1n) is 8.15. The number of hydrogen-bond donors (Lipinski definition) is 3. The van der Waals surface area contributed by atoms with Gasteiger partial charge < -0.3 is 9.84 Å². The number of carboxylic acids is 1. The van der Waals surface area contributed by atoms with Crippen LogP contribution in [-0.4, -0.2) is 23.7 Å². The number of hydrogen-bond acceptors (Lipinski definition) is 4. The molecule has 1 fully saturated rings. The highest BCUT2D eigenvalue weighted by Gasteiger charge is 2.39. The molecule has 3 unspecified atom stereocenters. The van der Waals surface area contributed by atoms with Crippen molar-refractivity contribution < 1.29 is 14.6 Å². The Morgan fingerprint density at radius 3 is 2.46 bits per heavy atom. The minimum atomic E-state index is -0.798. The highest BCUT2D eigenvalue weighted by Crippen LogP contribution is 2.29. The lowest BCUT2D eigenvalue weighted by molar-refractivity contribution is -0.142. The SMILES string of the molecule is CC1NNC(c2ccc(OCCc3ccccc3)cc2)C1C(=O)O. The van der Waals surface area contributed by atoms with E-state index in [0.717, 1.165) is 17.7 Å². The van der Waals surface area contributed by atoms with E-state index >= 15 is 0 Å². The monoisotopic (exact) mass is 326 g/mol. The first-order valence-corrected chi connectivity index (χ1v) is 8.15.